The average Bonchev–Trinajstić information content (AvgIpc) is 2.63. The maximum Gasteiger partial charge on any atom is 0.387 e. The molecular weight excluding hydrogens is 386 g/mol. The van der Waals surface area contributed by atoms with Crippen LogP contribution in [0.2, 0.25) is 0 Å². The monoisotopic (exact) mass is 414 g/mol. The van der Waals surface area contributed by atoms with Crippen molar-refractivity contribution in [2.75, 3.05) is 43.1 Å². The minimum absolute atomic E-state index is 0.0350. The number of hydrogen-bond donors (Lipinski definition) is 3. The predicted octanol–water partition coefficient (Wildman–Crippen LogP) is 1.55. The molecule has 162 valence electrons. The summed E-state index contributed by atoms with van der Waals surface area (Å²) in [5, 5.41) is 5.64. The lowest BCUT2D eigenvalue weighted by Crippen LogP contribution is -2.48. The zero-order chi connectivity index (χ0) is 21.6. The maximum absolute atomic E-state index is 12.9. The Morgan fingerprint density at radius 1 is 1.38 bits per heavy atom. The van der Waals surface area contributed by atoms with Gasteiger partial charge in [0.2, 0.25) is 5.91 Å². The molecular formula is C19H28F2N4O4. The largest absolute Gasteiger partial charge is 0.433 e. The molecule has 1 aliphatic heterocycles. The van der Waals surface area contributed by atoms with Crippen LogP contribution in [-0.2, 0) is 14.3 Å². The molecule has 1 heterocycles. The fourth-order valence-electron chi connectivity index (χ4n) is 2.70. The van der Waals surface area contributed by atoms with Gasteiger partial charge in [0.25, 0.3) is 5.91 Å². The molecule has 0 radical (unpaired) electrons. The molecule has 0 spiro atoms. The van der Waals surface area contributed by atoms with Gasteiger partial charge in [0.1, 0.15) is 6.61 Å². The van der Waals surface area contributed by atoms with Crippen molar-refractivity contribution in [3.05, 3.63) is 18.2 Å². The van der Waals surface area contributed by atoms with E-state index in [4.69, 9.17) is 10.5 Å². The number of ether oxygens (including phenoxy) is 2. The third kappa shape index (κ3) is 6.91. The van der Waals surface area contributed by atoms with Gasteiger partial charge in [-0.3, -0.25) is 9.59 Å². The van der Waals surface area contributed by atoms with Crippen LogP contribution in [0.25, 0.3) is 0 Å². The lowest BCUT2D eigenvalue weighted by molar-refractivity contribution is -0.125. The van der Waals surface area contributed by atoms with E-state index in [1.165, 1.54) is 17.0 Å². The van der Waals surface area contributed by atoms with Gasteiger partial charge in [-0.2, -0.15) is 8.78 Å². The number of hydrogen-bond acceptors (Lipinski definition) is 6. The number of benzene rings is 1. The number of alkyl halides is 2. The third-order valence-electron chi connectivity index (χ3n) is 4.17. The molecule has 29 heavy (non-hydrogen) atoms. The summed E-state index contributed by atoms with van der Waals surface area (Å²) >= 11 is 0. The van der Waals surface area contributed by atoms with Gasteiger partial charge in [-0.05, 0) is 17.5 Å². The van der Waals surface area contributed by atoms with Crippen LogP contribution in [0.1, 0.15) is 20.8 Å². The van der Waals surface area contributed by atoms with Crippen molar-refractivity contribution in [3.63, 3.8) is 0 Å². The molecule has 1 fully saturated rings. The second-order valence-electron chi connectivity index (χ2n) is 7.88. The number of nitrogens with zero attached hydrogens (tertiary/aromatic N) is 1. The first kappa shape index (κ1) is 23.0. The standard InChI is InChI=1S/C19H28F2N4O4/c1-19(2,3)11-23-14(9-22)17(27)24-13-5-4-12(8-15(13)29-18(20)21)25-6-7-28-10-16(25)26/h4-5,8,14,18,23H,6-7,9-11,22H2,1-3H3,(H,24,27)/t14-/m0/s1. The number of carbonyl (C=O) groups is 2. The highest BCUT2D eigenvalue weighted by Gasteiger charge is 2.24. The van der Waals surface area contributed by atoms with Crippen molar-refractivity contribution >= 4 is 23.2 Å². The van der Waals surface area contributed by atoms with E-state index in [9.17, 15) is 18.4 Å². The zero-order valence-corrected chi connectivity index (χ0v) is 16.8. The number of halogens is 2. The number of anilines is 2. The highest BCUT2D eigenvalue weighted by Crippen LogP contribution is 2.32. The first-order chi connectivity index (χ1) is 13.6. The first-order valence-corrected chi connectivity index (χ1v) is 9.32. The van der Waals surface area contributed by atoms with E-state index in [0.717, 1.165) is 0 Å². The van der Waals surface area contributed by atoms with Crippen LogP contribution in [0.5, 0.6) is 5.75 Å². The molecule has 10 heteroatoms. The van der Waals surface area contributed by atoms with E-state index in [1.54, 1.807) is 6.07 Å². The molecule has 1 saturated heterocycles. The van der Waals surface area contributed by atoms with Crippen molar-refractivity contribution in [1.29, 1.82) is 0 Å². The molecule has 1 aromatic rings. The van der Waals surface area contributed by atoms with E-state index >= 15 is 0 Å². The Bertz CT molecular complexity index is 725. The smallest absolute Gasteiger partial charge is 0.387 e. The van der Waals surface area contributed by atoms with E-state index in [2.05, 4.69) is 15.4 Å². The second kappa shape index (κ2) is 9.95. The van der Waals surface area contributed by atoms with Crippen LogP contribution < -0.4 is 26.0 Å². The minimum atomic E-state index is -3.09. The summed E-state index contributed by atoms with van der Waals surface area (Å²) in [6, 6.07) is 3.57. The molecule has 2 rings (SSSR count). The van der Waals surface area contributed by atoms with E-state index in [-0.39, 0.29) is 35.9 Å². The molecule has 0 aromatic heterocycles. The third-order valence-corrected chi connectivity index (χ3v) is 4.17. The number of amides is 2. The molecule has 8 nitrogen and oxygen atoms in total. The van der Waals surface area contributed by atoms with Crippen LogP contribution >= 0.6 is 0 Å². The molecule has 0 saturated carbocycles. The van der Waals surface area contributed by atoms with Crippen LogP contribution in [0.4, 0.5) is 20.2 Å². The number of rotatable bonds is 8. The molecule has 1 aliphatic rings. The molecule has 0 unspecified atom stereocenters. The summed E-state index contributed by atoms with van der Waals surface area (Å²) in [5.74, 6) is -0.992. The van der Waals surface area contributed by atoms with Crippen LogP contribution in [0.3, 0.4) is 0 Å². The summed E-state index contributed by atoms with van der Waals surface area (Å²) in [4.78, 5) is 26.0. The Hall–Kier alpha value is -2.30. The van der Waals surface area contributed by atoms with Gasteiger partial charge in [0.05, 0.1) is 18.3 Å². The Morgan fingerprint density at radius 2 is 2.10 bits per heavy atom. The SMILES string of the molecule is CC(C)(C)CN[C@@H](CN)C(=O)Nc1ccc(N2CCOCC2=O)cc1OC(F)F. The lowest BCUT2D eigenvalue weighted by Gasteiger charge is -2.28. The summed E-state index contributed by atoms with van der Waals surface area (Å²) in [6.45, 7) is 4.06. The summed E-state index contributed by atoms with van der Waals surface area (Å²) in [7, 11) is 0. The quantitative estimate of drug-likeness (QED) is 0.596. The van der Waals surface area contributed by atoms with Crippen molar-refractivity contribution in [2.45, 2.75) is 33.4 Å². The number of nitrogens with two attached hydrogens (primary N) is 1. The van der Waals surface area contributed by atoms with E-state index < -0.39 is 18.6 Å². The van der Waals surface area contributed by atoms with Crippen LogP contribution in [0, 0.1) is 5.41 Å². The van der Waals surface area contributed by atoms with Gasteiger partial charge in [-0.25, -0.2) is 0 Å². The van der Waals surface area contributed by atoms with Crippen LogP contribution in [0.15, 0.2) is 18.2 Å². The Morgan fingerprint density at radius 3 is 2.69 bits per heavy atom. The second-order valence-corrected chi connectivity index (χ2v) is 7.88. The highest BCUT2D eigenvalue weighted by atomic mass is 19.3. The van der Waals surface area contributed by atoms with E-state index in [1.807, 2.05) is 20.8 Å². The van der Waals surface area contributed by atoms with Gasteiger partial charge < -0.3 is 30.7 Å². The van der Waals surface area contributed by atoms with Gasteiger partial charge in [-0.15, -0.1) is 0 Å². The number of nitrogens with one attached hydrogen (secondary N) is 2. The molecule has 4 N–H and O–H groups in total. The van der Waals surface area contributed by atoms with Gasteiger partial charge in [0.15, 0.2) is 5.75 Å². The molecule has 0 bridgehead atoms. The summed E-state index contributed by atoms with van der Waals surface area (Å²) in [5.41, 5.74) is 6.06. The Labute approximate surface area is 168 Å². The van der Waals surface area contributed by atoms with Crippen LogP contribution in [-0.4, -0.2) is 57.3 Å². The maximum atomic E-state index is 12.9. The number of carbonyl (C=O) groups excluding carboxylic acids is 2. The van der Waals surface area contributed by atoms with Gasteiger partial charge in [-0.1, -0.05) is 20.8 Å². The topological polar surface area (TPSA) is 106 Å². The first-order valence-electron chi connectivity index (χ1n) is 9.32. The predicted molar refractivity (Wildman–Crippen MR) is 105 cm³/mol. The van der Waals surface area contributed by atoms with Crippen molar-refractivity contribution in [2.24, 2.45) is 11.1 Å². The van der Waals surface area contributed by atoms with Gasteiger partial charge >= 0.3 is 6.61 Å². The average molecular weight is 414 g/mol. The van der Waals surface area contributed by atoms with Crippen molar-refractivity contribution in [3.8, 4) is 5.75 Å². The van der Waals surface area contributed by atoms with Gasteiger partial charge in [0, 0.05) is 31.4 Å². The summed E-state index contributed by atoms with van der Waals surface area (Å²) in [6.07, 6.45) is 0. The fraction of sp³-hybridized carbons (Fsp3) is 0.579. The Balaban J connectivity index is 2.19. The van der Waals surface area contributed by atoms with Crippen molar-refractivity contribution in [1.82, 2.24) is 5.32 Å². The molecule has 2 amide bonds. The molecule has 0 aliphatic carbocycles. The minimum Gasteiger partial charge on any atom is -0.433 e. The highest BCUT2D eigenvalue weighted by molar-refractivity contribution is 5.98. The zero-order valence-electron chi connectivity index (χ0n) is 16.8. The normalized spacial score (nSPS) is 16.1. The molecule has 1 atom stereocenters. The lowest BCUT2D eigenvalue weighted by atomic mass is 9.96. The summed E-state index contributed by atoms with van der Waals surface area (Å²) < 4.78 is 35.4. The molecule has 1 aromatic carbocycles. The number of morpholine rings is 1. The fourth-order valence-corrected chi connectivity index (χ4v) is 2.70. The Kier molecular flexibility index (Phi) is 7.88. The van der Waals surface area contributed by atoms with E-state index in [0.29, 0.717) is 25.4 Å². The van der Waals surface area contributed by atoms with Crippen molar-refractivity contribution < 1.29 is 27.8 Å².